The highest BCUT2D eigenvalue weighted by molar-refractivity contribution is 5.27. The predicted octanol–water partition coefficient (Wildman–Crippen LogP) is 3.65. The second-order valence-electron chi connectivity index (χ2n) is 5.04. The van der Waals surface area contributed by atoms with Gasteiger partial charge in [-0.25, -0.2) is 0 Å². The number of rotatable bonds is 8. The second-order valence-corrected chi connectivity index (χ2v) is 5.04. The largest absolute Gasteiger partial charge is 0.497 e. The lowest BCUT2D eigenvalue weighted by molar-refractivity contribution is 0.412. The van der Waals surface area contributed by atoms with Gasteiger partial charge in [-0.2, -0.15) is 0 Å². The van der Waals surface area contributed by atoms with Crippen LogP contribution in [-0.4, -0.2) is 19.7 Å². The van der Waals surface area contributed by atoms with E-state index in [1.54, 1.807) is 7.11 Å². The Balaban J connectivity index is 2.36. The first-order valence-corrected chi connectivity index (χ1v) is 7.05. The fourth-order valence-electron chi connectivity index (χ4n) is 2.13. The summed E-state index contributed by atoms with van der Waals surface area (Å²) in [5.74, 6) is 1.74. The van der Waals surface area contributed by atoms with Gasteiger partial charge in [-0.1, -0.05) is 38.8 Å². The summed E-state index contributed by atoms with van der Waals surface area (Å²) in [4.78, 5) is 0. The molecule has 18 heavy (non-hydrogen) atoms. The smallest absolute Gasteiger partial charge is 0.118 e. The Morgan fingerprint density at radius 3 is 2.22 bits per heavy atom. The van der Waals surface area contributed by atoms with Gasteiger partial charge < -0.3 is 10.1 Å². The van der Waals surface area contributed by atoms with Gasteiger partial charge >= 0.3 is 0 Å². The van der Waals surface area contributed by atoms with Gasteiger partial charge in [0.1, 0.15) is 5.75 Å². The Hall–Kier alpha value is -1.02. The summed E-state index contributed by atoms with van der Waals surface area (Å²) in [6.45, 7) is 7.92. The van der Waals surface area contributed by atoms with Gasteiger partial charge in [0.25, 0.3) is 0 Å². The molecule has 1 rings (SSSR count). The number of nitrogens with one attached hydrogen (secondary N) is 1. The Kier molecular flexibility index (Phi) is 6.81. The highest BCUT2D eigenvalue weighted by atomic mass is 16.5. The summed E-state index contributed by atoms with van der Waals surface area (Å²) in [6.07, 6.45) is 3.60. The van der Waals surface area contributed by atoms with Crippen molar-refractivity contribution in [1.29, 1.82) is 0 Å². The summed E-state index contributed by atoms with van der Waals surface area (Å²) in [5, 5.41) is 3.63. The lowest BCUT2D eigenvalue weighted by Crippen LogP contribution is -2.32. The van der Waals surface area contributed by atoms with Crippen LogP contribution in [0.25, 0.3) is 0 Å². The molecular formula is C16H27NO. The van der Waals surface area contributed by atoms with Gasteiger partial charge in [-0.05, 0) is 43.5 Å². The molecule has 0 aliphatic carbocycles. The molecule has 2 nitrogen and oxygen atoms in total. The lowest BCUT2D eigenvalue weighted by Gasteiger charge is -2.18. The Bertz CT molecular complexity index is 316. The maximum Gasteiger partial charge on any atom is 0.118 e. The van der Waals surface area contributed by atoms with Crippen molar-refractivity contribution in [3.63, 3.8) is 0 Å². The van der Waals surface area contributed by atoms with Crippen molar-refractivity contribution in [3.8, 4) is 5.75 Å². The van der Waals surface area contributed by atoms with Crippen molar-refractivity contribution in [2.24, 2.45) is 5.92 Å². The number of hydrogen-bond donors (Lipinski definition) is 1. The van der Waals surface area contributed by atoms with E-state index in [0.29, 0.717) is 6.04 Å². The lowest BCUT2D eigenvalue weighted by atomic mass is 10.0. The molecule has 0 heterocycles. The number of methoxy groups -OCH3 is 1. The first-order chi connectivity index (χ1) is 8.69. The van der Waals surface area contributed by atoms with Crippen molar-refractivity contribution < 1.29 is 4.74 Å². The van der Waals surface area contributed by atoms with E-state index >= 15 is 0 Å². The van der Waals surface area contributed by atoms with Crippen molar-refractivity contribution in [2.75, 3.05) is 13.7 Å². The molecule has 0 aromatic heterocycles. The summed E-state index contributed by atoms with van der Waals surface area (Å²) < 4.78 is 5.17. The fourth-order valence-corrected chi connectivity index (χ4v) is 2.13. The van der Waals surface area contributed by atoms with Crippen molar-refractivity contribution in [2.45, 2.75) is 46.1 Å². The third kappa shape index (κ3) is 5.09. The first-order valence-electron chi connectivity index (χ1n) is 7.05. The van der Waals surface area contributed by atoms with Crippen LogP contribution in [0, 0.1) is 5.92 Å². The fraction of sp³-hybridized carbons (Fsp3) is 0.625. The summed E-state index contributed by atoms with van der Waals surface area (Å²) in [7, 11) is 1.70. The maximum atomic E-state index is 5.17. The van der Waals surface area contributed by atoms with E-state index in [4.69, 9.17) is 4.74 Å². The zero-order valence-electron chi connectivity index (χ0n) is 12.2. The van der Waals surface area contributed by atoms with E-state index in [9.17, 15) is 0 Å². The van der Waals surface area contributed by atoms with Crippen molar-refractivity contribution >= 4 is 0 Å². The minimum atomic E-state index is 0.527. The molecule has 0 amide bonds. The molecule has 1 unspecified atom stereocenters. The van der Waals surface area contributed by atoms with E-state index in [-0.39, 0.29) is 0 Å². The molecule has 1 N–H and O–H groups in total. The van der Waals surface area contributed by atoms with Crippen LogP contribution in [0.5, 0.6) is 5.75 Å². The molecule has 102 valence electrons. The Morgan fingerprint density at radius 1 is 1.11 bits per heavy atom. The van der Waals surface area contributed by atoms with Gasteiger partial charge in [0, 0.05) is 6.04 Å². The number of hydrogen-bond acceptors (Lipinski definition) is 2. The highest BCUT2D eigenvalue weighted by Crippen LogP contribution is 2.13. The number of benzene rings is 1. The molecule has 0 spiro atoms. The normalized spacial score (nSPS) is 12.7. The van der Waals surface area contributed by atoms with Gasteiger partial charge in [0.2, 0.25) is 0 Å². The van der Waals surface area contributed by atoms with E-state index in [1.165, 1.54) is 18.4 Å². The monoisotopic (exact) mass is 249 g/mol. The number of ether oxygens (including phenoxy) is 1. The molecule has 0 aliphatic heterocycles. The SMILES string of the molecule is CCC(CC)CNC(C)Cc1ccc(OC)cc1. The first kappa shape index (κ1) is 15.0. The zero-order chi connectivity index (χ0) is 13.4. The average Bonchev–Trinajstić information content (AvgIpc) is 2.41. The van der Waals surface area contributed by atoms with Crippen LogP contribution in [0.1, 0.15) is 39.2 Å². The Labute approximate surface area is 112 Å². The molecule has 1 aromatic carbocycles. The molecular weight excluding hydrogens is 222 g/mol. The standard InChI is InChI=1S/C16H27NO/c1-5-14(6-2)12-17-13(3)11-15-7-9-16(18-4)10-8-15/h7-10,13-14,17H,5-6,11-12H2,1-4H3. The van der Waals surface area contributed by atoms with Crippen LogP contribution in [0.2, 0.25) is 0 Å². The summed E-state index contributed by atoms with van der Waals surface area (Å²) in [6, 6.07) is 8.88. The van der Waals surface area contributed by atoms with Crippen LogP contribution < -0.4 is 10.1 Å². The maximum absolute atomic E-state index is 5.17. The van der Waals surface area contributed by atoms with Crippen LogP contribution in [-0.2, 0) is 6.42 Å². The molecule has 0 aliphatic rings. The molecule has 0 fully saturated rings. The molecule has 2 heteroatoms. The summed E-state index contributed by atoms with van der Waals surface area (Å²) >= 11 is 0. The predicted molar refractivity (Wildman–Crippen MR) is 78.2 cm³/mol. The molecule has 0 saturated heterocycles. The van der Waals surface area contributed by atoms with Gasteiger partial charge in [-0.3, -0.25) is 0 Å². The second kappa shape index (κ2) is 8.15. The summed E-state index contributed by atoms with van der Waals surface area (Å²) in [5.41, 5.74) is 1.36. The average molecular weight is 249 g/mol. The minimum Gasteiger partial charge on any atom is -0.497 e. The molecule has 0 bridgehead atoms. The molecule has 0 radical (unpaired) electrons. The molecule has 1 atom stereocenters. The van der Waals surface area contributed by atoms with Gasteiger partial charge in [0.15, 0.2) is 0 Å². The van der Waals surface area contributed by atoms with Crippen LogP contribution in [0.4, 0.5) is 0 Å². The quantitative estimate of drug-likeness (QED) is 0.759. The van der Waals surface area contributed by atoms with Gasteiger partial charge in [0.05, 0.1) is 7.11 Å². The topological polar surface area (TPSA) is 21.3 Å². The van der Waals surface area contributed by atoms with Crippen LogP contribution >= 0.6 is 0 Å². The van der Waals surface area contributed by atoms with Crippen molar-refractivity contribution in [1.82, 2.24) is 5.32 Å². The van der Waals surface area contributed by atoms with Gasteiger partial charge in [-0.15, -0.1) is 0 Å². The molecule has 1 aromatic rings. The van der Waals surface area contributed by atoms with Crippen LogP contribution in [0.3, 0.4) is 0 Å². The van der Waals surface area contributed by atoms with E-state index in [0.717, 1.165) is 24.6 Å². The van der Waals surface area contributed by atoms with E-state index in [2.05, 4.69) is 38.2 Å². The molecule has 0 saturated carbocycles. The van der Waals surface area contributed by atoms with Crippen LogP contribution in [0.15, 0.2) is 24.3 Å². The zero-order valence-corrected chi connectivity index (χ0v) is 12.2. The van der Waals surface area contributed by atoms with E-state index in [1.807, 2.05) is 12.1 Å². The Morgan fingerprint density at radius 2 is 1.72 bits per heavy atom. The highest BCUT2D eigenvalue weighted by Gasteiger charge is 2.07. The third-order valence-electron chi connectivity index (χ3n) is 3.61. The van der Waals surface area contributed by atoms with E-state index < -0.39 is 0 Å². The minimum absolute atomic E-state index is 0.527. The van der Waals surface area contributed by atoms with Crippen molar-refractivity contribution in [3.05, 3.63) is 29.8 Å². The third-order valence-corrected chi connectivity index (χ3v) is 3.61.